The molecule has 1 aromatic carbocycles. The predicted molar refractivity (Wildman–Crippen MR) is 101 cm³/mol. The number of hydrogen-bond donors (Lipinski definition) is 1. The molecule has 0 saturated heterocycles. The highest BCUT2D eigenvalue weighted by Gasteiger charge is 2.34. The molecule has 0 heterocycles. The third-order valence-electron chi connectivity index (χ3n) is 4.76. The van der Waals surface area contributed by atoms with E-state index >= 15 is 0 Å². The molecule has 1 aliphatic rings. The lowest BCUT2D eigenvalue weighted by Crippen LogP contribution is -2.47. The van der Waals surface area contributed by atoms with Gasteiger partial charge in [0.05, 0.1) is 24.0 Å². The van der Waals surface area contributed by atoms with Crippen LogP contribution in [0.5, 0.6) is 0 Å². The second-order valence-corrected chi connectivity index (χ2v) is 8.58. The predicted octanol–water partition coefficient (Wildman–Crippen LogP) is 2.97. The Morgan fingerprint density at radius 2 is 1.63 bits per heavy atom. The Bertz CT molecular complexity index is 738. The molecule has 2 amide bonds. The summed E-state index contributed by atoms with van der Waals surface area (Å²) >= 11 is 0. The Labute approximate surface area is 160 Å². The second-order valence-electron chi connectivity index (χ2n) is 6.76. The number of nitrogens with zero attached hydrogens (tertiary/aromatic N) is 1. The molecule has 2 N–H and O–H groups in total. The number of nitrogens with two attached hydrogens (primary N) is 1. The van der Waals surface area contributed by atoms with Crippen LogP contribution in [0.3, 0.4) is 0 Å². The Kier molecular flexibility index (Phi) is 7.65. The van der Waals surface area contributed by atoms with Gasteiger partial charge in [-0.2, -0.15) is 0 Å². The highest BCUT2D eigenvalue weighted by atomic mass is 32.2. The average Bonchev–Trinajstić information content (AvgIpc) is 2.57. The van der Waals surface area contributed by atoms with Gasteiger partial charge in [0.1, 0.15) is 0 Å². The van der Waals surface area contributed by atoms with Crippen LogP contribution in [0, 0.1) is 0 Å². The summed E-state index contributed by atoms with van der Waals surface area (Å²) in [6, 6.07) is 4.57. The summed E-state index contributed by atoms with van der Waals surface area (Å²) in [5.41, 5.74) is 6.10. The SMILES string of the molecule is CCOC(=O)Cc1ccc(S(=O)(=O)N(C(N)=O)C2CCCCCCC2)cc1. The molecule has 1 aromatic rings. The fourth-order valence-corrected chi connectivity index (χ4v) is 4.98. The summed E-state index contributed by atoms with van der Waals surface area (Å²) in [5.74, 6) is -0.374. The van der Waals surface area contributed by atoms with E-state index < -0.39 is 22.1 Å². The quantitative estimate of drug-likeness (QED) is 0.744. The Morgan fingerprint density at radius 3 is 2.15 bits per heavy atom. The third-order valence-corrected chi connectivity index (χ3v) is 6.62. The molecule has 0 unspecified atom stereocenters. The van der Waals surface area contributed by atoms with Crippen LogP contribution in [-0.2, 0) is 26.0 Å². The molecule has 0 aliphatic heterocycles. The van der Waals surface area contributed by atoms with Gasteiger partial charge >= 0.3 is 12.0 Å². The zero-order valence-corrected chi connectivity index (χ0v) is 16.5. The van der Waals surface area contributed by atoms with Crippen LogP contribution < -0.4 is 5.73 Å². The van der Waals surface area contributed by atoms with Gasteiger partial charge in [-0.25, -0.2) is 17.5 Å². The van der Waals surface area contributed by atoms with Gasteiger partial charge in [0, 0.05) is 0 Å². The first-order valence-electron chi connectivity index (χ1n) is 9.44. The maximum atomic E-state index is 13.0. The van der Waals surface area contributed by atoms with E-state index in [1.54, 1.807) is 19.1 Å². The molecule has 1 saturated carbocycles. The van der Waals surface area contributed by atoms with E-state index in [9.17, 15) is 18.0 Å². The molecular weight excluding hydrogens is 368 g/mol. The van der Waals surface area contributed by atoms with Crippen molar-refractivity contribution in [2.24, 2.45) is 5.73 Å². The number of sulfonamides is 1. The number of amides is 2. The zero-order valence-electron chi connectivity index (χ0n) is 15.7. The number of hydrogen-bond acceptors (Lipinski definition) is 5. The lowest BCUT2D eigenvalue weighted by molar-refractivity contribution is -0.142. The van der Waals surface area contributed by atoms with Gasteiger partial charge in [0.2, 0.25) is 0 Å². The van der Waals surface area contributed by atoms with Gasteiger partial charge in [0.25, 0.3) is 10.0 Å². The van der Waals surface area contributed by atoms with Crippen LogP contribution in [0.2, 0.25) is 0 Å². The Morgan fingerprint density at radius 1 is 1.07 bits per heavy atom. The number of primary amides is 1. The summed E-state index contributed by atoms with van der Waals surface area (Å²) in [4.78, 5) is 23.6. The molecule has 0 aromatic heterocycles. The molecular formula is C19H28N2O5S. The average molecular weight is 397 g/mol. The highest BCUT2D eigenvalue weighted by Crippen LogP contribution is 2.27. The minimum absolute atomic E-state index is 0.00373. The normalized spacial score (nSPS) is 16.2. The van der Waals surface area contributed by atoms with Gasteiger partial charge in [-0.1, -0.05) is 44.2 Å². The van der Waals surface area contributed by atoms with E-state index in [-0.39, 0.29) is 17.3 Å². The topological polar surface area (TPSA) is 107 Å². The molecule has 2 rings (SSSR count). The largest absolute Gasteiger partial charge is 0.466 e. The summed E-state index contributed by atoms with van der Waals surface area (Å²) in [5, 5.41) is 0. The highest BCUT2D eigenvalue weighted by molar-refractivity contribution is 7.89. The molecule has 1 aliphatic carbocycles. The second kappa shape index (κ2) is 9.73. The summed E-state index contributed by atoms with van der Waals surface area (Å²) in [7, 11) is -4.04. The Balaban J connectivity index is 2.22. The molecule has 1 fully saturated rings. The molecule has 8 heteroatoms. The van der Waals surface area contributed by atoms with E-state index in [4.69, 9.17) is 10.5 Å². The first-order valence-corrected chi connectivity index (χ1v) is 10.9. The summed E-state index contributed by atoms with van der Waals surface area (Å²) in [6.45, 7) is 2.02. The smallest absolute Gasteiger partial charge is 0.328 e. The first-order chi connectivity index (χ1) is 12.9. The molecule has 0 bridgehead atoms. The monoisotopic (exact) mass is 396 g/mol. The van der Waals surface area contributed by atoms with Crippen molar-refractivity contribution in [3.05, 3.63) is 29.8 Å². The first kappa shape index (κ1) is 21.2. The van der Waals surface area contributed by atoms with E-state index in [1.807, 2.05) is 0 Å². The van der Waals surface area contributed by atoms with Gasteiger partial charge < -0.3 is 10.5 Å². The fourth-order valence-electron chi connectivity index (χ4n) is 3.44. The molecule has 7 nitrogen and oxygen atoms in total. The van der Waals surface area contributed by atoms with Gasteiger partial charge in [-0.05, 0) is 37.5 Å². The zero-order chi connectivity index (χ0) is 19.9. The van der Waals surface area contributed by atoms with Crippen molar-refractivity contribution < 1.29 is 22.7 Å². The van der Waals surface area contributed by atoms with Crippen molar-refractivity contribution in [1.29, 1.82) is 0 Å². The molecule has 0 spiro atoms. The van der Waals surface area contributed by atoms with Crippen LogP contribution in [0.4, 0.5) is 4.79 Å². The van der Waals surface area contributed by atoms with Crippen molar-refractivity contribution in [1.82, 2.24) is 4.31 Å². The molecule has 0 radical (unpaired) electrons. The van der Waals surface area contributed by atoms with Crippen molar-refractivity contribution in [2.45, 2.75) is 69.2 Å². The number of carbonyl (C=O) groups excluding carboxylic acids is 2. The molecule has 0 atom stereocenters. The molecule has 27 heavy (non-hydrogen) atoms. The van der Waals surface area contributed by atoms with Crippen LogP contribution in [0.25, 0.3) is 0 Å². The maximum absolute atomic E-state index is 13.0. The van der Waals surface area contributed by atoms with Crippen LogP contribution >= 0.6 is 0 Å². The van der Waals surface area contributed by atoms with E-state index in [2.05, 4.69) is 0 Å². The van der Waals surface area contributed by atoms with Crippen LogP contribution in [-0.4, -0.2) is 37.4 Å². The standard InChI is InChI=1S/C19H28N2O5S/c1-2-26-18(22)14-15-10-12-17(13-11-15)27(24,25)21(19(20)23)16-8-6-4-3-5-7-9-16/h10-13,16H,2-9,14H2,1H3,(H2,20,23). The van der Waals surface area contributed by atoms with E-state index in [0.717, 1.165) is 36.4 Å². The van der Waals surface area contributed by atoms with Gasteiger partial charge in [-0.3, -0.25) is 4.79 Å². The van der Waals surface area contributed by atoms with E-state index in [1.165, 1.54) is 12.1 Å². The number of carbonyl (C=O) groups is 2. The summed E-state index contributed by atoms with van der Waals surface area (Å²) in [6.07, 6.45) is 6.28. The summed E-state index contributed by atoms with van der Waals surface area (Å²) < 4.78 is 31.8. The minimum atomic E-state index is -4.04. The number of urea groups is 1. The Hall–Kier alpha value is -2.09. The number of ether oxygens (including phenoxy) is 1. The fraction of sp³-hybridized carbons (Fsp3) is 0.579. The van der Waals surface area contributed by atoms with Crippen LogP contribution in [0.15, 0.2) is 29.2 Å². The number of esters is 1. The lowest BCUT2D eigenvalue weighted by atomic mass is 9.97. The van der Waals surface area contributed by atoms with Crippen molar-refractivity contribution in [2.75, 3.05) is 6.61 Å². The van der Waals surface area contributed by atoms with Crippen LogP contribution in [0.1, 0.15) is 57.4 Å². The van der Waals surface area contributed by atoms with Crippen molar-refractivity contribution in [3.8, 4) is 0 Å². The number of rotatable bonds is 6. The minimum Gasteiger partial charge on any atom is -0.466 e. The third kappa shape index (κ3) is 5.69. The lowest BCUT2D eigenvalue weighted by Gasteiger charge is -2.31. The van der Waals surface area contributed by atoms with E-state index in [0.29, 0.717) is 25.0 Å². The van der Waals surface area contributed by atoms with Gasteiger partial charge in [0.15, 0.2) is 0 Å². The maximum Gasteiger partial charge on any atom is 0.328 e. The molecule has 150 valence electrons. The van der Waals surface area contributed by atoms with Crippen molar-refractivity contribution in [3.63, 3.8) is 0 Å². The van der Waals surface area contributed by atoms with Crippen molar-refractivity contribution >= 4 is 22.0 Å². The number of benzene rings is 1. The van der Waals surface area contributed by atoms with Gasteiger partial charge in [-0.15, -0.1) is 0 Å².